The van der Waals surface area contributed by atoms with Crippen molar-refractivity contribution in [2.45, 2.75) is 11.5 Å². The lowest BCUT2D eigenvalue weighted by Gasteiger charge is -2.09. The maximum atomic E-state index is 13.2. The lowest BCUT2D eigenvalue weighted by Crippen LogP contribution is -2.07. The van der Waals surface area contributed by atoms with E-state index in [0.29, 0.717) is 11.3 Å². The van der Waals surface area contributed by atoms with E-state index in [-0.39, 0.29) is 17.1 Å². The first-order valence-corrected chi connectivity index (χ1v) is 8.50. The molecule has 2 aromatic rings. The van der Waals surface area contributed by atoms with Crippen LogP contribution >= 0.6 is 0 Å². The molecule has 0 aliphatic carbocycles. The molecule has 0 amide bonds. The molecule has 0 aromatic heterocycles. The van der Waals surface area contributed by atoms with Gasteiger partial charge in [0.05, 0.1) is 17.6 Å². The van der Waals surface area contributed by atoms with Gasteiger partial charge in [0.25, 0.3) is 0 Å². The monoisotopic (exact) mass is 338 g/mol. The summed E-state index contributed by atoms with van der Waals surface area (Å²) in [7, 11) is -1.89. The zero-order valence-electron chi connectivity index (χ0n) is 12.6. The van der Waals surface area contributed by atoms with Crippen LogP contribution in [0.4, 0.5) is 4.39 Å². The molecule has 2 rings (SSSR count). The number of hydrogen-bond donors (Lipinski definition) is 0. The van der Waals surface area contributed by atoms with Crippen LogP contribution in [0.5, 0.6) is 5.75 Å². The average molecular weight is 338 g/mol. The van der Waals surface area contributed by atoms with E-state index in [0.717, 1.165) is 6.26 Å². The van der Waals surface area contributed by atoms with E-state index in [4.69, 9.17) is 9.47 Å². The summed E-state index contributed by atoms with van der Waals surface area (Å²) in [5.41, 5.74) is 0.598. The third kappa shape index (κ3) is 4.29. The number of benzene rings is 2. The van der Waals surface area contributed by atoms with Crippen LogP contribution < -0.4 is 4.74 Å². The van der Waals surface area contributed by atoms with Crippen molar-refractivity contribution in [3.05, 3.63) is 59.4 Å². The van der Waals surface area contributed by atoms with Gasteiger partial charge in [-0.1, -0.05) is 0 Å². The lowest BCUT2D eigenvalue weighted by molar-refractivity contribution is 0.0469. The SMILES string of the molecule is COc1ccc(F)cc1COC(=O)c1ccc(S(C)(=O)=O)cc1. The Hall–Kier alpha value is -2.41. The van der Waals surface area contributed by atoms with Crippen molar-refractivity contribution in [2.75, 3.05) is 13.4 Å². The van der Waals surface area contributed by atoms with Gasteiger partial charge in [0, 0.05) is 11.8 Å². The smallest absolute Gasteiger partial charge is 0.338 e. The highest BCUT2D eigenvalue weighted by atomic mass is 32.2. The maximum Gasteiger partial charge on any atom is 0.338 e. The van der Waals surface area contributed by atoms with Crippen LogP contribution in [0.2, 0.25) is 0 Å². The second-order valence-electron chi connectivity index (χ2n) is 4.83. The van der Waals surface area contributed by atoms with Gasteiger partial charge in [0.1, 0.15) is 18.2 Å². The van der Waals surface area contributed by atoms with Crippen molar-refractivity contribution in [3.8, 4) is 5.75 Å². The van der Waals surface area contributed by atoms with Crippen molar-refractivity contribution < 1.29 is 27.1 Å². The van der Waals surface area contributed by atoms with Gasteiger partial charge < -0.3 is 9.47 Å². The van der Waals surface area contributed by atoms with Gasteiger partial charge in [-0.15, -0.1) is 0 Å². The molecule has 23 heavy (non-hydrogen) atoms. The molecule has 0 saturated heterocycles. The summed E-state index contributed by atoms with van der Waals surface area (Å²) < 4.78 is 46.1. The molecule has 0 heterocycles. The van der Waals surface area contributed by atoms with E-state index in [1.807, 2.05) is 0 Å². The van der Waals surface area contributed by atoms with Gasteiger partial charge in [-0.3, -0.25) is 0 Å². The topological polar surface area (TPSA) is 69.7 Å². The molecule has 5 nitrogen and oxygen atoms in total. The highest BCUT2D eigenvalue weighted by molar-refractivity contribution is 7.90. The highest BCUT2D eigenvalue weighted by Crippen LogP contribution is 2.21. The molecule has 0 saturated carbocycles. The summed E-state index contributed by atoms with van der Waals surface area (Å²) >= 11 is 0. The number of sulfone groups is 1. The molecule has 0 bridgehead atoms. The Morgan fingerprint density at radius 1 is 1.13 bits per heavy atom. The molecule has 0 aliphatic heterocycles. The minimum Gasteiger partial charge on any atom is -0.496 e. The van der Waals surface area contributed by atoms with Gasteiger partial charge >= 0.3 is 5.97 Å². The molecule has 0 radical (unpaired) electrons. The minimum absolute atomic E-state index is 0.112. The number of methoxy groups -OCH3 is 1. The molecule has 0 fully saturated rings. The van der Waals surface area contributed by atoms with Gasteiger partial charge in [-0.25, -0.2) is 17.6 Å². The summed E-state index contributed by atoms with van der Waals surface area (Å²) in [4.78, 5) is 12.1. The number of halogens is 1. The Balaban J connectivity index is 2.10. The van der Waals surface area contributed by atoms with E-state index in [1.54, 1.807) is 0 Å². The first-order valence-electron chi connectivity index (χ1n) is 6.61. The normalized spacial score (nSPS) is 11.1. The van der Waals surface area contributed by atoms with Gasteiger partial charge in [-0.2, -0.15) is 0 Å². The zero-order valence-corrected chi connectivity index (χ0v) is 13.4. The number of hydrogen-bond acceptors (Lipinski definition) is 5. The second-order valence-corrected chi connectivity index (χ2v) is 6.84. The fourth-order valence-corrected chi connectivity index (χ4v) is 2.56. The molecular formula is C16H15FO5S. The predicted octanol–water partition coefficient (Wildman–Crippen LogP) is 2.59. The fraction of sp³-hybridized carbons (Fsp3) is 0.188. The first-order chi connectivity index (χ1) is 10.8. The number of carbonyl (C=O) groups is 1. The predicted molar refractivity (Wildman–Crippen MR) is 81.6 cm³/mol. The lowest BCUT2D eigenvalue weighted by atomic mass is 10.2. The van der Waals surface area contributed by atoms with Gasteiger partial charge in [-0.05, 0) is 42.5 Å². The van der Waals surface area contributed by atoms with Gasteiger partial charge in [0.2, 0.25) is 0 Å². The van der Waals surface area contributed by atoms with Crippen LogP contribution in [0.3, 0.4) is 0 Å². The van der Waals surface area contributed by atoms with Crippen molar-refractivity contribution in [3.63, 3.8) is 0 Å². The molecular weight excluding hydrogens is 323 g/mol. The van der Waals surface area contributed by atoms with E-state index in [1.165, 1.54) is 49.6 Å². The van der Waals surface area contributed by atoms with E-state index < -0.39 is 21.6 Å². The molecule has 2 aromatic carbocycles. The van der Waals surface area contributed by atoms with E-state index in [2.05, 4.69) is 0 Å². The van der Waals surface area contributed by atoms with Crippen molar-refractivity contribution in [1.29, 1.82) is 0 Å². The third-order valence-corrected chi connectivity index (χ3v) is 4.25. The molecule has 7 heteroatoms. The number of esters is 1. The zero-order chi connectivity index (χ0) is 17.0. The van der Waals surface area contributed by atoms with Crippen LogP contribution in [0.25, 0.3) is 0 Å². The molecule has 0 atom stereocenters. The van der Waals surface area contributed by atoms with Crippen LogP contribution in [-0.2, 0) is 21.2 Å². The Kier molecular flexibility index (Phi) is 5.00. The van der Waals surface area contributed by atoms with E-state index >= 15 is 0 Å². The Morgan fingerprint density at radius 2 is 1.78 bits per heavy atom. The van der Waals surface area contributed by atoms with Crippen molar-refractivity contribution >= 4 is 15.8 Å². The molecule has 0 spiro atoms. The molecule has 0 N–H and O–H groups in total. The van der Waals surface area contributed by atoms with Crippen LogP contribution in [0, 0.1) is 5.82 Å². The quantitative estimate of drug-likeness (QED) is 0.784. The Labute approximate surface area is 133 Å². The van der Waals surface area contributed by atoms with Crippen LogP contribution in [-0.4, -0.2) is 27.8 Å². The first kappa shape index (κ1) is 17.0. The van der Waals surface area contributed by atoms with Crippen LogP contribution in [0.1, 0.15) is 15.9 Å². The van der Waals surface area contributed by atoms with Crippen molar-refractivity contribution in [1.82, 2.24) is 0 Å². The summed E-state index contributed by atoms with van der Waals surface area (Å²) in [6, 6.07) is 9.29. The molecule has 0 unspecified atom stereocenters. The highest BCUT2D eigenvalue weighted by Gasteiger charge is 2.12. The minimum atomic E-state index is -3.32. The number of carbonyl (C=O) groups excluding carboxylic acids is 1. The van der Waals surface area contributed by atoms with E-state index in [9.17, 15) is 17.6 Å². The Morgan fingerprint density at radius 3 is 2.35 bits per heavy atom. The third-order valence-electron chi connectivity index (χ3n) is 3.12. The largest absolute Gasteiger partial charge is 0.496 e. The molecule has 0 aliphatic rings. The Bertz CT molecular complexity index is 813. The van der Waals surface area contributed by atoms with Crippen molar-refractivity contribution in [2.24, 2.45) is 0 Å². The summed E-state index contributed by atoms with van der Waals surface area (Å²) in [5, 5.41) is 0. The summed E-state index contributed by atoms with van der Waals surface area (Å²) in [6.07, 6.45) is 1.08. The number of ether oxygens (including phenoxy) is 2. The molecule has 122 valence electrons. The fourth-order valence-electron chi connectivity index (χ4n) is 1.92. The standard InChI is InChI=1S/C16H15FO5S/c1-21-15-8-5-13(17)9-12(15)10-22-16(18)11-3-6-14(7-4-11)23(2,19)20/h3-9H,10H2,1-2H3. The summed E-state index contributed by atoms with van der Waals surface area (Å²) in [5.74, 6) is -0.697. The second kappa shape index (κ2) is 6.78. The van der Waals surface area contributed by atoms with Gasteiger partial charge in [0.15, 0.2) is 9.84 Å². The average Bonchev–Trinajstić information content (AvgIpc) is 2.52. The maximum absolute atomic E-state index is 13.2. The van der Waals surface area contributed by atoms with Crippen LogP contribution in [0.15, 0.2) is 47.4 Å². The number of rotatable bonds is 5. The summed E-state index contributed by atoms with van der Waals surface area (Å²) in [6.45, 7) is -0.159.